The predicted octanol–water partition coefficient (Wildman–Crippen LogP) is 4.59. The largest absolute Gasteiger partial charge is 0.356 e. The summed E-state index contributed by atoms with van der Waals surface area (Å²) >= 11 is 6.28. The van der Waals surface area contributed by atoms with Gasteiger partial charge in [-0.1, -0.05) is 29.8 Å². The lowest BCUT2D eigenvalue weighted by Crippen LogP contribution is -2.47. The first-order valence-corrected chi connectivity index (χ1v) is 14.4. The van der Waals surface area contributed by atoms with Crippen LogP contribution >= 0.6 is 11.6 Å². The highest BCUT2D eigenvalue weighted by Crippen LogP contribution is 2.30. The van der Waals surface area contributed by atoms with E-state index in [2.05, 4.69) is 30.0 Å². The molecule has 0 spiro atoms. The summed E-state index contributed by atoms with van der Waals surface area (Å²) < 4.78 is 0. The molecule has 5 heterocycles. The number of hydrogen-bond donors (Lipinski definition) is 1. The number of amides is 1. The van der Waals surface area contributed by atoms with Gasteiger partial charge in [0.1, 0.15) is 5.82 Å². The van der Waals surface area contributed by atoms with E-state index in [1.165, 1.54) is 25.9 Å². The number of nitrogens with zero attached hydrogens (tertiary/aromatic N) is 6. The van der Waals surface area contributed by atoms with Gasteiger partial charge in [0.25, 0.3) is 0 Å². The molecule has 8 nitrogen and oxygen atoms in total. The Morgan fingerprint density at radius 1 is 0.974 bits per heavy atom. The maximum Gasteiger partial charge on any atom is 0.226 e. The SMILES string of the molecule is O=C(C1CCN(c2nccc3nc(NCc4ccccc4Cl)ncc23)CC1)N1CCC[C@H]1CN1CCCC1. The Labute approximate surface area is 229 Å². The molecule has 1 amide bonds. The maximum absolute atomic E-state index is 13.5. The van der Waals surface area contributed by atoms with Gasteiger partial charge in [0.15, 0.2) is 0 Å². The molecule has 0 bridgehead atoms. The van der Waals surface area contributed by atoms with E-state index in [0.29, 0.717) is 24.4 Å². The number of aromatic nitrogens is 3. The molecule has 0 aliphatic carbocycles. The van der Waals surface area contributed by atoms with Gasteiger partial charge in [-0.25, -0.2) is 15.0 Å². The number of pyridine rings is 1. The molecule has 6 rings (SSSR count). The van der Waals surface area contributed by atoms with E-state index in [4.69, 9.17) is 16.6 Å². The number of carbonyl (C=O) groups excluding carboxylic acids is 1. The lowest BCUT2D eigenvalue weighted by Gasteiger charge is -2.36. The summed E-state index contributed by atoms with van der Waals surface area (Å²) in [6.45, 7) is 6.56. The number of likely N-dealkylation sites (tertiary alicyclic amines) is 2. The molecular weight excluding hydrogens is 498 g/mol. The van der Waals surface area contributed by atoms with E-state index >= 15 is 0 Å². The first-order chi connectivity index (χ1) is 18.7. The number of anilines is 2. The monoisotopic (exact) mass is 533 g/mol. The van der Waals surface area contributed by atoms with Crippen molar-refractivity contribution in [3.8, 4) is 0 Å². The van der Waals surface area contributed by atoms with Gasteiger partial charge in [-0.2, -0.15) is 0 Å². The second kappa shape index (κ2) is 11.4. The third-order valence-corrected chi connectivity index (χ3v) is 8.72. The van der Waals surface area contributed by atoms with Gasteiger partial charge in [-0.05, 0) is 69.3 Å². The van der Waals surface area contributed by atoms with Crippen molar-refractivity contribution in [1.29, 1.82) is 0 Å². The zero-order valence-corrected chi connectivity index (χ0v) is 22.6. The van der Waals surface area contributed by atoms with Gasteiger partial charge in [0, 0.05) is 62.1 Å². The third-order valence-electron chi connectivity index (χ3n) is 8.35. The minimum Gasteiger partial charge on any atom is -0.356 e. The van der Waals surface area contributed by atoms with Crippen LogP contribution in [0, 0.1) is 5.92 Å². The predicted molar refractivity (Wildman–Crippen MR) is 151 cm³/mol. The smallest absolute Gasteiger partial charge is 0.226 e. The Bertz CT molecular complexity index is 1270. The summed E-state index contributed by atoms with van der Waals surface area (Å²) in [6, 6.07) is 10.1. The maximum atomic E-state index is 13.5. The molecule has 0 unspecified atom stereocenters. The van der Waals surface area contributed by atoms with Crippen LogP contribution in [0.25, 0.3) is 10.9 Å². The Morgan fingerprint density at radius 3 is 2.61 bits per heavy atom. The summed E-state index contributed by atoms with van der Waals surface area (Å²) in [5.41, 5.74) is 1.86. The molecule has 0 saturated carbocycles. The van der Waals surface area contributed by atoms with E-state index < -0.39 is 0 Å². The number of nitrogens with one attached hydrogen (secondary N) is 1. The lowest BCUT2D eigenvalue weighted by atomic mass is 9.94. The lowest BCUT2D eigenvalue weighted by molar-refractivity contribution is -0.137. The van der Waals surface area contributed by atoms with Crippen molar-refractivity contribution < 1.29 is 4.79 Å². The van der Waals surface area contributed by atoms with Gasteiger partial charge in [-0.3, -0.25) is 4.79 Å². The summed E-state index contributed by atoms with van der Waals surface area (Å²) in [5, 5.41) is 4.94. The summed E-state index contributed by atoms with van der Waals surface area (Å²) in [5.74, 6) is 1.94. The number of fused-ring (bicyclic) bond motifs is 1. The molecule has 200 valence electrons. The molecule has 3 saturated heterocycles. The summed E-state index contributed by atoms with van der Waals surface area (Å²) in [4.78, 5) is 34.5. The van der Waals surface area contributed by atoms with E-state index in [0.717, 1.165) is 79.2 Å². The number of rotatable bonds is 7. The number of halogens is 1. The summed E-state index contributed by atoms with van der Waals surface area (Å²) in [7, 11) is 0. The number of hydrogen-bond acceptors (Lipinski definition) is 7. The Morgan fingerprint density at radius 2 is 1.79 bits per heavy atom. The van der Waals surface area contributed by atoms with Gasteiger partial charge in [0.2, 0.25) is 11.9 Å². The molecule has 3 aliphatic rings. The highest BCUT2D eigenvalue weighted by atomic mass is 35.5. The minimum absolute atomic E-state index is 0.109. The molecule has 3 fully saturated rings. The van der Waals surface area contributed by atoms with E-state index in [1.807, 2.05) is 42.7 Å². The van der Waals surface area contributed by atoms with E-state index in [1.54, 1.807) is 0 Å². The van der Waals surface area contributed by atoms with E-state index in [9.17, 15) is 4.79 Å². The Balaban J connectivity index is 1.08. The fourth-order valence-electron chi connectivity index (χ4n) is 6.25. The molecule has 0 radical (unpaired) electrons. The molecule has 1 aromatic carbocycles. The fourth-order valence-corrected chi connectivity index (χ4v) is 6.45. The van der Waals surface area contributed by atoms with Crippen molar-refractivity contribution in [3.05, 3.63) is 53.3 Å². The molecule has 3 aromatic rings. The second-order valence-corrected chi connectivity index (χ2v) is 11.2. The van der Waals surface area contributed by atoms with Crippen molar-refractivity contribution >= 4 is 40.2 Å². The molecular formula is C29H36ClN7O. The average Bonchev–Trinajstić information content (AvgIpc) is 3.64. The van der Waals surface area contributed by atoms with Gasteiger partial charge >= 0.3 is 0 Å². The minimum atomic E-state index is 0.109. The van der Waals surface area contributed by atoms with Crippen molar-refractivity contribution in [3.63, 3.8) is 0 Å². The van der Waals surface area contributed by atoms with Crippen molar-refractivity contribution in [2.24, 2.45) is 5.92 Å². The highest BCUT2D eigenvalue weighted by molar-refractivity contribution is 6.31. The Hall–Kier alpha value is -2.97. The third kappa shape index (κ3) is 5.43. The second-order valence-electron chi connectivity index (χ2n) is 10.8. The number of carbonyl (C=O) groups is 1. The van der Waals surface area contributed by atoms with Crippen LogP contribution in [-0.2, 0) is 11.3 Å². The molecule has 38 heavy (non-hydrogen) atoms. The molecule has 9 heteroatoms. The molecule has 1 atom stereocenters. The van der Waals surface area contributed by atoms with Crippen LogP contribution < -0.4 is 10.2 Å². The van der Waals surface area contributed by atoms with Gasteiger partial charge < -0.3 is 20.0 Å². The molecule has 3 aliphatic heterocycles. The van der Waals surface area contributed by atoms with Crippen molar-refractivity contribution in [2.45, 2.75) is 51.1 Å². The molecule has 1 N–H and O–H groups in total. The fraction of sp³-hybridized carbons (Fsp3) is 0.517. The Kier molecular flexibility index (Phi) is 7.60. The van der Waals surface area contributed by atoms with Gasteiger partial charge in [-0.15, -0.1) is 0 Å². The zero-order valence-electron chi connectivity index (χ0n) is 21.9. The van der Waals surface area contributed by atoms with Crippen molar-refractivity contribution in [1.82, 2.24) is 24.8 Å². The molecule has 2 aromatic heterocycles. The van der Waals surface area contributed by atoms with Crippen LogP contribution in [0.3, 0.4) is 0 Å². The van der Waals surface area contributed by atoms with Crippen LogP contribution in [0.4, 0.5) is 11.8 Å². The van der Waals surface area contributed by atoms with Crippen molar-refractivity contribution in [2.75, 3.05) is 49.5 Å². The zero-order chi connectivity index (χ0) is 25.9. The highest BCUT2D eigenvalue weighted by Gasteiger charge is 2.36. The first kappa shape index (κ1) is 25.3. The topological polar surface area (TPSA) is 77.5 Å². The summed E-state index contributed by atoms with van der Waals surface area (Å²) in [6.07, 6.45) is 10.3. The van der Waals surface area contributed by atoms with Crippen LogP contribution in [0.5, 0.6) is 0 Å². The van der Waals surface area contributed by atoms with Crippen LogP contribution in [0.15, 0.2) is 42.7 Å². The van der Waals surface area contributed by atoms with Gasteiger partial charge in [0.05, 0.1) is 10.9 Å². The van der Waals surface area contributed by atoms with E-state index in [-0.39, 0.29) is 5.92 Å². The average molecular weight is 534 g/mol. The number of piperidine rings is 1. The van der Waals surface area contributed by atoms with Crippen LogP contribution in [-0.4, -0.2) is 76.0 Å². The number of benzene rings is 1. The van der Waals surface area contributed by atoms with Crippen LogP contribution in [0.2, 0.25) is 5.02 Å². The van der Waals surface area contributed by atoms with Crippen LogP contribution in [0.1, 0.15) is 44.1 Å². The first-order valence-electron chi connectivity index (χ1n) is 14.0. The standard InChI is InChI=1S/C29H36ClN7O/c30-25-8-2-1-6-22(25)18-32-29-33-19-24-26(34-29)9-12-31-27(24)36-16-10-21(11-17-36)28(38)37-15-5-7-23(37)20-35-13-3-4-14-35/h1-2,6,8-9,12,19,21,23H,3-5,7,10-11,13-18,20H2,(H,32,33,34)/t23-/m0/s1. The normalized spacial score (nSPS) is 20.9. The quantitative estimate of drug-likeness (QED) is 0.476.